The number of rotatable bonds is 5. The molecule has 1 saturated carbocycles. The summed E-state index contributed by atoms with van der Waals surface area (Å²) in [6, 6.07) is 8.78. The van der Waals surface area contributed by atoms with Crippen LogP contribution in [0.1, 0.15) is 64.0 Å². The van der Waals surface area contributed by atoms with E-state index >= 15 is 0 Å². The molecule has 1 saturated heterocycles. The Bertz CT molecular complexity index is 544. The average molecular weight is 314 g/mol. The van der Waals surface area contributed by atoms with Gasteiger partial charge in [-0.25, -0.2) is 0 Å². The maximum atomic E-state index is 11.0. The van der Waals surface area contributed by atoms with Gasteiger partial charge < -0.3 is 5.32 Å². The van der Waals surface area contributed by atoms with Crippen LogP contribution in [0.4, 0.5) is 5.69 Å². The fraction of sp³-hybridized carbons (Fsp3) is 0.650. The molecule has 0 radical (unpaired) electrons. The van der Waals surface area contributed by atoms with Crippen molar-refractivity contribution in [3.8, 4) is 0 Å². The molecule has 0 spiro atoms. The number of nitrogens with one attached hydrogen (secondary N) is 1. The Morgan fingerprint density at radius 2 is 2.17 bits per heavy atom. The molecule has 1 heterocycles. The van der Waals surface area contributed by atoms with Crippen molar-refractivity contribution < 1.29 is 4.79 Å². The van der Waals surface area contributed by atoms with Gasteiger partial charge in [0, 0.05) is 18.3 Å². The first-order valence-corrected chi connectivity index (χ1v) is 9.21. The second-order valence-electron chi connectivity index (χ2n) is 7.67. The molecule has 3 rings (SSSR count). The second-order valence-corrected chi connectivity index (χ2v) is 7.67. The van der Waals surface area contributed by atoms with Crippen molar-refractivity contribution in [3.05, 3.63) is 29.8 Å². The van der Waals surface area contributed by atoms with Crippen molar-refractivity contribution in [1.82, 2.24) is 4.90 Å². The number of carbonyl (C=O) groups is 1. The Balaban J connectivity index is 1.91. The Morgan fingerprint density at radius 1 is 1.35 bits per heavy atom. The average Bonchev–Trinajstić information content (AvgIpc) is 2.55. The minimum atomic E-state index is 0.440. The number of carbonyl (C=O) groups excluding carboxylic acids is 1. The minimum absolute atomic E-state index is 0.440. The SMILES string of the molecule is CCCN1CC2(C)CCCCC2CC1c1ccccc1NC=O. The molecule has 2 fully saturated rings. The smallest absolute Gasteiger partial charge is 0.211 e. The van der Waals surface area contributed by atoms with E-state index in [0.717, 1.165) is 24.6 Å². The van der Waals surface area contributed by atoms with Gasteiger partial charge in [-0.1, -0.05) is 44.9 Å². The molecule has 3 nitrogen and oxygen atoms in total. The van der Waals surface area contributed by atoms with Crippen LogP contribution in [-0.4, -0.2) is 24.4 Å². The molecule has 1 aliphatic carbocycles. The number of hydrogen-bond donors (Lipinski definition) is 1. The van der Waals surface area contributed by atoms with E-state index in [4.69, 9.17) is 0 Å². The highest BCUT2D eigenvalue weighted by molar-refractivity contribution is 5.73. The number of benzene rings is 1. The highest BCUT2D eigenvalue weighted by atomic mass is 16.1. The van der Waals surface area contributed by atoms with Gasteiger partial charge in [0.05, 0.1) is 0 Å². The number of para-hydroxylation sites is 1. The molecular formula is C20H30N2O. The number of likely N-dealkylation sites (tertiary alicyclic amines) is 1. The molecule has 126 valence electrons. The summed E-state index contributed by atoms with van der Waals surface area (Å²) in [6.45, 7) is 7.11. The van der Waals surface area contributed by atoms with E-state index in [9.17, 15) is 4.79 Å². The normalized spacial score (nSPS) is 31.4. The van der Waals surface area contributed by atoms with E-state index in [1.165, 1.54) is 50.6 Å². The first-order chi connectivity index (χ1) is 11.2. The fourth-order valence-electron chi connectivity index (χ4n) is 4.90. The predicted molar refractivity (Wildman–Crippen MR) is 95.4 cm³/mol. The van der Waals surface area contributed by atoms with E-state index in [2.05, 4.69) is 36.2 Å². The summed E-state index contributed by atoms with van der Waals surface area (Å²) in [5, 5.41) is 2.91. The van der Waals surface area contributed by atoms with Crippen LogP contribution in [0.3, 0.4) is 0 Å². The third-order valence-corrected chi connectivity index (χ3v) is 6.09. The molecule has 1 N–H and O–H groups in total. The lowest BCUT2D eigenvalue weighted by atomic mass is 9.62. The predicted octanol–water partition coefficient (Wildman–Crippen LogP) is 4.61. The van der Waals surface area contributed by atoms with Gasteiger partial charge >= 0.3 is 0 Å². The number of piperidine rings is 1. The zero-order chi connectivity index (χ0) is 16.3. The Hall–Kier alpha value is -1.35. The van der Waals surface area contributed by atoms with Crippen molar-refractivity contribution in [3.63, 3.8) is 0 Å². The molecule has 3 heteroatoms. The lowest BCUT2D eigenvalue weighted by Gasteiger charge is -2.53. The fourth-order valence-corrected chi connectivity index (χ4v) is 4.90. The zero-order valence-electron chi connectivity index (χ0n) is 14.6. The number of fused-ring (bicyclic) bond motifs is 1. The molecule has 1 amide bonds. The topological polar surface area (TPSA) is 32.3 Å². The van der Waals surface area contributed by atoms with Gasteiger partial charge in [-0.05, 0) is 55.2 Å². The van der Waals surface area contributed by atoms with E-state index in [-0.39, 0.29) is 0 Å². The molecule has 0 bridgehead atoms. The summed E-state index contributed by atoms with van der Waals surface area (Å²) in [5.74, 6) is 0.818. The molecule has 1 aromatic rings. The molecule has 2 aliphatic rings. The summed E-state index contributed by atoms with van der Waals surface area (Å²) in [6.07, 6.45) is 8.73. The van der Waals surface area contributed by atoms with Gasteiger partial charge in [0.2, 0.25) is 6.41 Å². The monoisotopic (exact) mass is 314 g/mol. The lowest BCUT2D eigenvalue weighted by Crippen LogP contribution is -2.50. The molecule has 0 aromatic heterocycles. The van der Waals surface area contributed by atoms with Gasteiger partial charge in [0.15, 0.2) is 0 Å². The third-order valence-electron chi connectivity index (χ3n) is 6.09. The Labute approximate surface area is 140 Å². The van der Waals surface area contributed by atoms with Crippen molar-refractivity contribution >= 4 is 12.1 Å². The molecular weight excluding hydrogens is 284 g/mol. The summed E-state index contributed by atoms with van der Waals surface area (Å²) in [7, 11) is 0. The quantitative estimate of drug-likeness (QED) is 0.805. The molecule has 3 unspecified atom stereocenters. The summed E-state index contributed by atoms with van der Waals surface area (Å²) in [5.41, 5.74) is 2.76. The maximum absolute atomic E-state index is 11.0. The van der Waals surface area contributed by atoms with E-state index in [0.29, 0.717) is 11.5 Å². The van der Waals surface area contributed by atoms with Crippen molar-refractivity contribution in [2.24, 2.45) is 11.3 Å². The number of hydrogen-bond acceptors (Lipinski definition) is 2. The zero-order valence-corrected chi connectivity index (χ0v) is 14.6. The number of anilines is 1. The van der Waals surface area contributed by atoms with E-state index < -0.39 is 0 Å². The summed E-state index contributed by atoms with van der Waals surface area (Å²) in [4.78, 5) is 13.6. The van der Waals surface area contributed by atoms with Crippen LogP contribution in [0.5, 0.6) is 0 Å². The first-order valence-electron chi connectivity index (χ1n) is 9.21. The highest BCUT2D eigenvalue weighted by Gasteiger charge is 2.45. The van der Waals surface area contributed by atoms with Crippen LogP contribution in [0.25, 0.3) is 0 Å². The van der Waals surface area contributed by atoms with Gasteiger partial charge in [0.1, 0.15) is 0 Å². The third kappa shape index (κ3) is 3.30. The molecule has 1 aliphatic heterocycles. The van der Waals surface area contributed by atoms with Crippen LogP contribution in [0.2, 0.25) is 0 Å². The van der Waals surface area contributed by atoms with Gasteiger partial charge in [-0.15, -0.1) is 0 Å². The van der Waals surface area contributed by atoms with Crippen LogP contribution in [-0.2, 0) is 4.79 Å². The van der Waals surface area contributed by atoms with Gasteiger partial charge in [0.25, 0.3) is 0 Å². The highest BCUT2D eigenvalue weighted by Crippen LogP contribution is 2.51. The molecule has 1 aromatic carbocycles. The Kier molecular flexibility index (Phi) is 5.05. The maximum Gasteiger partial charge on any atom is 0.211 e. The van der Waals surface area contributed by atoms with Gasteiger partial charge in [-0.3, -0.25) is 9.69 Å². The summed E-state index contributed by atoms with van der Waals surface area (Å²) >= 11 is 0. The van der Waals surface area contributed by atoms with Crippen LogP contribution >= 0.6 is 0 Å². The minimum Gasteiger partial charge on any atom is -0.328 e. The number of amides is 1. The molecule has 3 atom stereocenters. The van der Waals surface area contributed by atoms with Crippen molar-refractivity contribution in [1.29, 1.82) is 0 Å². The van der Waals surface area contributed by atoms with Crippen LogP contribution < -0.4 is 5.32 Å². The summed E-state index contributed by atoms with van der Waals surface area (Å²) < 4.78 is 0. The standard InChI is InChI=1S/C20H30N2O/c1-3-12-22-14-20(2)11-7-6-8-16(20)13-19(22)17-9-4-5-10-18(17)21-15-23/h4-5,9-10,15-16,19H,3,6-8,11-14H2,1-2H3,(H,21,23). The second kappa shape index (κ2) is 7.04. The van der Waals surface area contributed by atoms with Crippen molar-refractivity contribution in [2.75, 3.05) is 18.4 Å². The van der Waals surface area contributed by atoms with E-state index in [1.54, 1.807) is 0 Å². The van der Waals surface area contributed by atoms with Crippen LogP contribution in [0, 0.1) is 11.3 Å². The number of nitrogens with zero attached hydrogens (tertiary/aromatic N) is 1. The largest absolute Gasteiger partial charge is 0.328 e. The lowest BCUT2D eigenvalue weighted by molar-refractivity contribution is -0.105. The van der Waals surface area contributed by atoms with Crippen LogP contribution in [0.15, 0.2) is 24.3 Å². The Morgan fingerprint density at radius 3 is 2.96 bits per heavy atom. The van der Waals surface area contributed by atoms with Gasteiger partial charge in [-0.2, -0.15) is 0 Å². The van der Waals surface area contributed by atoms with E-state index in [1.807, 2.05) is 12.1 Å². The van der Waals surface area contributed by atoms with Crippen molar-refractivity contribution in [2.45, 2.75) is 58.4 Å². The molecule has 23 heavy (non-hydrogen) atoms. The first kappa shape index (κ1) is 16.5.